The number of nitrogens with two attached hydrogens (primary N) is 1. The van der Waals surface area contributed by atoms with Gasteiger partial charge in [-0.15, -0.1) is 0 Å². The third-order valence-corrected chi connectivity index (χ3v) is 3.22. The first-order valence-electron chi connectivity index (χ1n) is 6.74. The minimum absolute atomic E-state index is 0.0552. The van der Waals surface area contributed by atoms with Crippen LogP contribution in [0.25, 0.3) is 0 Å². The Balaban J connectivity index is 2.93. The lowest BCUT2D eigenvalue weighted by Crippen LogP contribution is -2.22. The summed E-state index contributed by atoms with van der Waals surface area (Å²) in [4.78, 5) is 0. The van der Waals surface area contributed by atoms with Gasteiger partial charge >= 0.3 is 0 Å². The van der Waals surface area contributed by atoms with Gasteiger partial charge < -0.3 is 15.2 Å². The van der Waals surface area contributed by atoms with Crippen LogP contribution >= 0.6 is 11.6 Å². The molecule has 1 atom stereocenters. The summed E-state index contributed by atoms with van der Waals surface area (Å²) in [6, 6.07) is 5.74. The van der Waals surface area contributed by atoms with E-state index in [4.69, 9.17) is 32.1 Å². The first kappa shape index (κ1) is 16.6. The van der Waals surface area contributed by atoms with E-state index in [-0.39, 0.29) is 6.04 Å². The van der Waals surface area contributed by atoms with Crippen LogP contribution in [0.3, 0.4) is 0 Å². The van der Waals surface area contributed by atoms with Crippen LogP contribution < -0.4 is 15.2 Å². The summed E-state index contributed by atoms with van der Waals surface area (Å²) in [5.41, 5.74) is 6.95. The Morgan fingerprint density at radius 3 is 2.80 bits per heavy atom. The molecule has 0 aliphatic carbocycles. The highest BCUT2D eigenvalue weighted by atomic mass is 35.5. The van der Waals surface area contributed by atoms with Gasteiger partial charge in [0.1, 0.15) is 0 Å². The fraction of sp³-hybridized carbons (Fsp3) is 0.533. The molecule has 1 aromatic carbocycles. The number of benzene rings is 1. The zero-order valence-electron chi connectivity index (χ0n) is 12.0. The molecule has 0 aliphatic heterocycles. The number of ether oxygens (including phenoxy) is 2. The lowest BCUT2D eigenvalue weighted by molar-refractivity contribution is 0.287. The molecule has 1 rings (SSSR count). The highest BCUT2D eigenvalue weighted by molar-refractivity contribution is 6.30. The second-order valence-corrected chi connectivity index (χ2v) is 5.02. The van der Waals surface area contributed by atoms with Gasteiger partial charge in [-0.05, 0) is 25.3 Å². The van der Waals surface area contributed by atoms with Crippen molar-refractivity contribution in [3.8, 4) is 17.6 Å². The van der Waals surface area contributed by atoms with Crippen molar-refractivity contribution in [1.29, 1.82) is 5.26 Å². The van der Waals surface area contributed by atoms with Gasteiger partial charge in [0.15, 0.2) is 11.5 Å². The van der Waals surface area contributed by atoms with Crippen molar-refractivity contribution in [3.63, 3.8) is 0 Å². The quantitative estimate of drug-likeness (QED) is 0.747. The van der Waals surface area contributed by atoms with Crippen LogP contribution in [-0.4, -0.2) is 19.8 Å². The van der Waals surface area contributed by atoms with Gasteiger partial charge in [0, 0.05) is 29.1 Å². The van der Waals surface area contributed by atoms with E-state index in [1.54, 1.807) is 13.2 Å². The standard InChI is InChI=1S/C15H21ClN2O2/c1-3-13(18)9-11-8-12(16)10-14(19-2)15(11)20-7-5-4-6-17/h8,10,13H,3-5,7,9,18H2,1-2H3. The summed E-state index contributed by atoms with van der Waals surface area (Å²) >= 11 is 6.09. The van der Waals surface area contributed by atoms with Crippen LogP contribution in [0.4, 0.5) is 0 Å². The zero-order chi connectivity index (χ0) is 15.0. The summed E-state index contributed by atoms with van der Waals surface area (Å²) in [7, 11) is 1.58. The zero-order valence-corrected chi connectivity index (χ0v) is 12.7. The van der Waals surface area contributed by atoms with Crippen LogP contribution in [0.2, 0.25) is 5.02 Å². The summed E-state index contributed by atoms with van der Waals surface area (Å²) in [5, 5.41) is 9.14. The Morgan fingerprint density at radius 1 is 1.45 bits per heavy atom. The molecular weight excluding hydrogens is 276 g/mol. The molecule has 110 valence electrons. The van der Waals surface area contributed by atoms with E-state index in [1.165, 1.54) is 0 Å². The Kier molecular flexibility index (Phi) is 7.21. The van der Waals surface area contributed by atoms with E-state index in [9.17, 15) is 0 Å². The Bertz CT molecular complexity index is 472. The number of hydrogen-bond acceptors (Lipinski definition) is 4. The van der Waals surface area contributed by atoms with Crippen molar-refractivity contribution in [1.82, 2.24) is 0 Å². The predicted molar refractivity (Wildman–Crippen MR) is 80.3 cm³/mol. The molecule has 0 fully saturated rings. The fourth-order valence-corrected chi connectivity index (χ4v) is 2.07. The number of rotatable bonds is 8. The van der Waals surface area contributed by atoms with Gasteiger partial charge in [-0.1, -0.05) is 18.5 Å². The predicted octanol–water partition coefficient (Wildman–Crippen LogP) is 3.31. The van der Waals surface area contributed by atoms with Gasteiger partial charge in [-0.2, -0.15) is 5.26 Å². The maximum Gasteiger partial charge on any atom is 0.164 e. The first-order chi connectivity index (χ1) is 9.62. The number of hydrogen-bond donors (Lipinski definition) is 1. The molecule has 0 bridgehead atoms. The smallest absolute Gasteiger partial charge is 0.164 e. The van der Waals surface area contributed by atoms with Gasteiger partial charge in [0.2, 0.25) is 0 Å². The fourth-order valence-electron chi connectivity index (χ4n) is 1.84. The molecule has 0 spiro atoms. The molecule has 0 heterocycles. The molecule has 0 aliphatic rings. The van der Waals surface area contributed by atoms with E-state index < -0.39 is 0 Å². The summed E-state index contributed by atoms with van der Waals surface area (Å²) < 4.78 is 11.1. The summed E-state index contributed by atoms with van der Waals surface area (Å²) in [5.74, 6) is 1.28. The highest BCUT2D eigenvalue weighted by Gasteiger charge is 2.15. The van der Waals surface area contributed by atoms with Gasteiger partial charge in [-0.25, -0.2) is 0 Å². The third-order valence-electron chi connectivity index (χ3n) is 3.00. The minimum Gasteiger partial charge on any atom is -0.493 e. The Labute approximate surface area is 125 Å². The Morgan fingerprint density at radius 2 is 2.20 bits per heavy atom. The SMILES string of the molecule is CCC(N)Cc1cc(Cl)cc(OC)c1OCCCC#N. The average Bonchev–Trinajstić information content (AvgIpc) is 2.44. The molecule has 2 N–H and O–H groups in total. The molecule has 0 radical (unpaired) electrons. The van der Waals surface area contributed by atoms with E-state index in [1.807, 2.05) is 13.0 Å². The lowest BCUT2D eigenvalue weighted by Gasteiger charge is -2.17. The van der Waals surface area contributed by atoms with Crippen molar-refractivity contribution in [2.45, 2.75) is 38.6 Å². The van der Waals surface area contributed by atoms with Crippen LogP contribution in [0.5, 0.6) is 11.5 Å². The summed E-state index contributed by atoms with van der Waals surface area (Å²) in [6.45, 7) is 2.51. The van der Waals surface area contributed by atoms with Gasteiger partial charge in [0.05, 0.1) is 19.8 Å². The topological polar surface area (TPSA) is 68.3 Å². The maximum atomic E-state index is 8.54. The van der Waals surface area contributed by atoms with Crippen molar-refractivity contribution >= 4 is 11.6 Å². The number of methoxy groups -OCH3 is 1. The molecule has 0 saturated carbocycles. The number of halogens is 1. The molecule has 1 aromatic rings. The molecule has 20 heavy (non-hydrogen) atoms. The van der Waals surface area contributed by atoms with Crippen molar-refractivity contribution in [3.05, 3.63) is 22.7 Å². The molecule has 0 saturated heterocycles. The summed E-state index contributed by atoms with van der Waals surface area (Å²) in [6.07, 6.45) is 2.71. The van der Waals surface area contributed by atoms with Crippen LogP contribution in [0, 0.1) is 11.3 Å². The van der Waals surface area contributed by atoms with Crippen molar-refractivity contribution in [2.24, 2.45) is 5.73 Å². The second-order valence-electron chi connectivity index (χ2n) is 4.58. The average molecular weight is 297 g/mol. The number of nitriles is 1. The van der Waals surface area contributed by atoms with Gasteiger partial charge in [-0.3, -0.25) is 0 Å². The van der Waals surface area contributed by atoms with Crippen LogP contribution in [-0.2, 0) is 6.42 Å². The molecule has 4 nitrogen and oxygen atoms in total. The highest BCUT2D eigenvalue weighted by Crippen LogP contribution is 2.35. The normalized spacial score (nSPS) is 11.8. The van der Waals surface area contributed by atoms with E-state index in [0.717, 1.165) is 12.0 Å². The monoisotopic (exact) mass is 296 g/mol. The van der Waals surface area contributed by atoms with E-state index >= 15 is 0 Å². The van der Waals surface area contributed by atoms with E-state index in [2.05, 4.69) is 6.07 Å². The van der Waals surface area contributed by atoms with Crippen LogP contribution in [0.1, 0.15) is 31.7 Å². The molecular formula is C15H21ClN2O2. The minimum atomic E-state index is 0.0552. The van der Waals surface area contributed by atoms with Crippen LogP contribution in [0.15, 0.2) is 12.1 Å². The molecule has 1 unspecified atom stereocenters. The maximum absolute atomic E-state index is 8.54. The Hall–Kier alpha value is -1.44. The first-order valence-corrected chi connectivity index (χ1v) is 7.11. The third kappa shape index (κ3) is 4.92. The largest absolute Gasteiger partial charge is 0.493 e. The number of unbranched alkanes of at least 4 members (excludes halogenated alkanes) is 1. The molecule has 5 heteroatoms. The van der Waals surface area contributed by atoms with Crippen molar-refractivity contribution in [2.75, 3.05) is 13.7 Å². The number of nitrogens with zero attached hydrogens (tertiary/aromatic N) is 1. The molecule has 0 amide bonds. The van der Waals surface area contributed by atoms with Gasteiger partial charge in [0.25, 0.3) is 0 Å². The molecule has 0 aromatic heterocycles. The van der Waals surface area contributed by atoms with E-state index in [0.29, 0.717) is 42.4 Å². The lowest BCUT2D eigenvalue weighted by atomic mass is 10.0. The second kappa shape index (κ2) is 8.68. The van der Waals surface area contributed by atoms with Crippen molar-refractivity contribution < 1.29 is 9.47 Å².